The molecule has 5 heteroatoms. The van der Waals surface area contributed by atoms with Crippen LogP contribution >= 0.6 is 0 Å². The van der Waals surface area contributed by atoms with Gasteiger partial charge in [-0.15, -0.1) is 0 Å². The second-order valence-corrected chi connectivity index (χ2v) is 4.07. The molecule has 2 N–H and O–H groups in total. The van der Waals surface area contributed by atoms with Crippen molar-refractivity contribution in [3.63, 3.8) is 0 Å². The van der Waals surface area contributed by atoms with Crippen LogP contribution in [0.2, 0.25) is 0 Å². The molecule has 0 bridgehead atoms. The summed E-state index contributed by atoms with van der Waals surface area (Å²) in [5, 5.41) is 11.1. The lowest BCUT2D eigenvalue weighted by atomic mass is 10.0. The fourth-order valence-corrected chi connectivity index (χ4v) is 1.04. The minimum atomic E-state index is -0.950. The number of amides is 1. The standard InChI is InChI=1S/C10H19NO4/c1-4-5-6-15-9(14)11-10(2,3)7-8(12)13/h4-7H2,1-3H3,(H,11,14)(H,12,13). The SMILES string of the molecule is CCCCOC(=O)NC(C)(C)CC(=O)O. The number of carbonyl (C=O) groups excluding carboxylic acids is 1. The fraction of sp³-hybridized carbons (Fsp3) is 0.800. The Bertz CT molecular complexity index is 225. The highest BCUT2D eigenvalue weighted by Crippen LogP contribution is 2.08. The molecule has 88 valence electrons. The molecule has 0 saturated carbocycles. The van der Waals surface area contributed by atoms with E-state index in [0.717, 1.165) is 12.8 Å². The molecule has 0 aliphatic carbocycles. The molecule has 0 heterocycles. The summed E-state index contributed by atoms with van der Waals surface area (Å²) in [6.07, 6.45) is 1.07. The Morgan fingerprint density at radius 3 is 2.47 bits per heavy atom. The third-order valence-electron chi connectivity index (χ3n) is 1.76. The van der Waals surface area contributed by atoms with Gasteiger partial charge >= 0.3 is 12.1 Å². The number of carboxylic acid groups (broad SMARTS) is 1. The van der Waals surface area contributed by atoms with E-state index in [2.05, 4.69) is 5.32 Å². The second-order valence-electron chi connectivity index (χ2n) is 4.07. The number of aliphatic carboxylic acids is 1. The Kier molecular flexibility index (Phi) is 5.74. The van der Waals surface area contributed by atoms with Crippen LogP contribution in [0.25, 0.3) is 0 Å². The number of alkyl carbamates (subject to hydrolysis) is 1. The number of ether oxygens (including phenoxy) is 1. The molecular weight excluding hydrogens is 198 g/mol. The first kappa shape index (κ1) is 13.7. The fourth-order valence-electron chi connectivity index (χ4n) is 1.04. The van der Waals surface area contributed by atoms with Gasteiger partial charge < -0.3 is 15.2 Å². The first-order valence-electron chi connectivity index (χ1n) is 5.04. The van der Waals surface area contributed by atoms with Crippen LogP contribution in [0, 0.1) is 0 Å². The maximum absolute atomic E-state index is 11.2. The van der Waals surface area contributed by atoms with Gasteiger partial charge in [-0.2, -0.15) is 0 Å². The Morgan fingerprint density at radius 2 is 2.00 bits per heavy atom. The lowest BCUT2D eigenvalue weighted by Crippen LogP contribution is -2.45. The van der Waals surface area contributed by atoms with Crippen molar-refractivity contribution in [3.8, 4) is 0 Å². The first-order chi connectivity index (χ1) is 6.87. The highest BCUT2D eigenvalue weighted by atomic mass is 16.5. The summed E-state index contributed by atoms with van der Waals surface area (Å²) in [7, 11) is 0. The summed E-state index contributed by atoms with van der Waals surface area (Å²) in [6, 6.07) is 0. The Morgan fingerprint density at radius 1 is 1.40 bits per heavy atom. The van der Waals surface area contributed by atoms with Gasteiger partial charge in [-0.1, -0.05) is 13.3 Å². The van der Waals surface area contributed by atoms with Crippen LogP contribution < -0.4 is 5.32 Å². The minimum Gasteiger partial charge on any atom is -0.481 e. The third kappa shape index (κ3) is 7.78. The van der Waals surface area contributed by atoms with Gasteiger partial charge in [0.25, 0.3) is 0 Å². The first-order valence-corrected chi connectivity index (χ1v) is 5.04. The van der Waals surface area contributed by atoms with E-state index in [0.29, 0.717) is 6.61 Å². The van der Waals surface area contributed by atoms with Crippen molar-refractivity contribution in [1.29, 1.82) is 0 Å². The molecule has 0 aromatic rings. The average molecular weight is 217 g/mol. The van der Waals surface area contributed by atoms with Crippen LogP contribution in [0.3, 0.4) is 0 Å². The van der Waals surface area contributed by atoms with Crippen LogP contribution in [-0.2, 0) is 9.53 Å². The molecular formula is C10H19NO4. The number of hydrogen-bond acceptors (Lipinski definition) is 3. The van der Waals surface area contributed by atoms with Crippen LogP contribution in [-0.4, -0.2) is 29.3 Å². The monoisotopic (exact) mass is 217 g/mol. The van der Waals surface area contributed by atoms with E-state index in [1.54, 1.807) is 13.8 Å². The van der Waals surface area contributed by atoms with Crippen LogP contribution in [0.1, 0.15) is 40.0 Å². The molecule has 1 amide bonds. The van der Waals surface area contributed by atoms with Gasteiger partial charge in [-0.05, 0) is 20.3 Å². The summed E-state index contributed by atoms with van der Waals surface area (Å²) in [5.41, 5.74) is -0.783. The number of carbonyl (C=O) groups is 2. The van der Waals surface area contributed by atoms with Gasteiger partial charge in [0.2, 0.25) is 0 Å². The number of hydrogen-bond donors (Lipinski definition) is 2. The van der Waals surface area contributed by atoms with Crippen molar-refractivity contribution >= 4 is 12.1 Å². The Balaban J connectivity index is 3.88. The molecule has 5 nitrogen and oxygen atoms in total. The van der Waals surface area contributed by atoms with Crippen molar-refractivity contribution in [2.45, 2.75) is 45.6 Å². The maximum atomic E-state index is 11.2. The average Bonchev–Trinajstić information content (AvgIpc) is 2.00. The van der Waals surface area contributed by atoms with Crippen LogP contribution in [0.5, 0.6) is 0 Å². The lowest BCUT2D eigenvalue weighted by Gasteiger charge is -2.23. The van der Waals surface area contributed by atoms with Crippen molar-refractivity contribution in [2.75, 3.05) is 6.61 Å². The summed E-state index contributed by atoms with van der Waals surface area (Å²) in [6.45, 7) is 5.64. The molecule has 0 saturated heterocycles. The van der Waals surface area contributed by atoms with E-state index in [9.17, 15) is 9.59 Å². The Hall–Kier alpha value is -1.26. The van der Waals surface area contributed by atoms with E-state index in [-0.39, 0.29) is 6.42 Å². The van der Waals surface area contributed by atoms with E-state index in [1.807, 2.05) is 6.92 Å². The molecule has 0 rings (SSSR count). The minimum absolute atomic E-state index is 0.129. The summed E-state index contributed by atoms with van der Waals surface area (Å²) in [5.74, 6) is -0.950. The van der Waals surface area contributed by atoms with Gasteiger partial charge in [-0.25, -0.2) is 4.79 Å². The van der Waals surface area contributed by atoms with E-state index in [1.165, 1.54) is 0 Å². The zero-order valence-electron chi connectivity index (χ0n) is 9.50. The van der Waals surface area contributed by atoms with Crippen molar-refractivity contribution in [3.05, 3.63) is 0 Å². The second kappa shape index (κ2) is 6.27. The zero-order valence-corrected chi connectivity index (χ0v) is 9.50. The highest BCUT2D eigenvalue weighted by molar-refractivity contribution is 5.72. The van der Waals surface area contributed by atoms with Crippen molar-refractivity contribution in [1.82, 2.24) is 5.32 Å². The normalized spacial score (nSPS) is 10.9. The number of unbranched alkanes of at least 4 members (excludes halogenated alkanes) is 1. The molecule has 15 heavy (non-hydrogen) atoms. The molecule has 0 aromatic carbocycles. The molecule has 0 aromatic heterocycles. The molecule has 0 atom stereocenters. The smallest absolute Gasteiger partial charge is 0.407 e. The molecule has 0 aliphatic heterocycles. The maximum Gasteiger partial charge on any atom is 0.407 e. The number of nitrogens with one attached hydrogen (secondary N) is 1. The summed E-state index contributed by atoms with van der Waals surface area (Å²) >= 11 is 0. The third-order valence-corrected chi connectivity index (χ3v) is 1.76. The lowest BCUT2D eigenvalue weighted by molar-refractivity contribution is -0.138. The van der Waals surface area contributed by atoms with E-state index < -0.39 is 17.6 Å². The van der Waals surface area contributed by atoms with Gasteiger partial charge in [0.1, 0.15) is 0 Å². The quantitative estimate of drug-likeness (QED) is 0.665. The van der Waals surface area contributed by atoms with Gasteiger partial charge in [0, 0.05) is 5.54 Å². The number of carboxylic acids is 1. The van der Waals surface area contributed by atoms with Crippen molar-refractivity contribution < 1.29 is 19.4 Å². The summed E-state index contributed by atoms with van der Waals surface area (Å²) < 4.78 is 4.86. The molecule has 0 spiro atoms. The predicted octanol–water partition coefficient (Wildman–Crippen LogP) is 1.77. The molecule has 0 fully saturated rings. The van der Waals surface area contributed by atoms with Gasteiger partial charge in [0.15, 0.2) is 0 Å². The summed E-state index contributed by atoms with van der Waals surface area (Å²) in [4.78, 5) is 21.7. The van der Waals surface area contributed by atoms with Gasteiger partial charge in [0.05, 0.1) is 13.0 Å². The molecule has 0 aliphatic rings. The van der Waals surface area contributed by atoms with Crippen LogP contribution in [0.4, 0.5) is 4.79 Å². The van der Waals surface area contributed by atoms with E-state index in [4.69, 9.17) is 9.84 Å². The molecule has 0 radical (unpaired) electrons. The van der Waals surface area contributed by atoms with Crippen molar-refractivity contribution in [2.24, 2.45) is 0 Å². The number of rotatable bonds is 6. The largest absolute Gasteiger partial charge is 0.481 e. The Labute approximate surface area is 89.8 Å². The van der Waals surface area contributed by atoms with E-state index >= 15 is 0 Å². The van der Waals surface area contributed by atoms with Crippen LogP contribution in [0.15, 0.2) is 0 Å². The van der Waals surface area contributed by atoms with Gasteiger partial charge in [-0.3, -0.25) is 4.79 Å². The topological polar surface area (TPSA) is 75.6 Å². The highest BCUT2D eigenvalue weighted by Gasteiger charge is 2.24. The zero-order chi connectivity index (χ0) is 11.9. The predicted molar refractivity (Wildman–Crippen MR) is 55.7 cm³/mol. The molecule has 0 unspecified atom stereocenters.